The number of fused-ring (bicyclic) bond motifs is 1. The van der Waals surface area contributed by atoms with E-state index in [4.69, 9.17) is 14.2 Å². The summed E-state index contributed by atoms with van der Waals surface area (Å²) < 4.78 is 42.7. The first kappa shape index (κ1) is 21.1. The Morgan fingerprint density at radius 2 is 1.74 bits per heavy atom. The number of sulfonamides is 1. The molecule has 31 heavy (non-hydrogen) atoms. The normalized spacial score (nSPS) is 18.0. The van der Waals surface area contributed by atoms with Crippen LogP contribution < -0.4 is 20.1 Å². The Bertz CT molecular complexity index is 1080. The fraction of sp³-hybridized carbons (Fsp3) is 0.300. The van der Waals surface area contributed by atoms with E-state index in [0.29, 0.717) is 11.5 Å². The van der Waals surface area contributed by atoms with E-state index in [1.807, 2.05) is 0 Å². The van der Waals surface area contributed by atoms with Crippen LogP contribution in [0.15, 0.2) is 53.4 Å². The van der Waals surface area contributed by atoms with E-state index in [-0.39, 0.29) is 37.9 Å². The highest BCUT2D eigenvalue weighted by Gasteiger charge is 2.36. The van der Waals surface area contributed by atoms with Gasteiger partial charge in [0.2, 0.25) is 16.8 Å². The van der Waals surface area contributed by atoms with E-state index in [9.17, 15) is 18.0 Å². The van der Waals surface area contributed by atoms with Crippen LogP contribution in [0.25, 0.3) is 0 Å². The first-order valence-corrected chi connectivity index (χ1v) is 11.0. The molecule has 0 aliphatic carbocycles. The van der Waals surface area contributed by atoms with Gasteiger partial charge in [0.15, 0.2) is 11.5 Å². The van der Waals surface area contributed by atoms with Gasteiger partial charge >= 0.3 is 11.8 Å². The monoisotopic (exact) mass is 447 g/mol. The summed E-state index contributed by atoms with van der Waals surface area (Å²) in [6.45, 7) is 0.477. The molecule has 1 saturated heterocycles. The van der Waals surface area contributed by atoms with Crippen molar-refractivity contribution < 1.29 is 32.2 Å². The van der Waals surface area contributed by atoms with Gasteiger partial charge in [-0.05, 0) is 29.8 Å². The van der Waals surface area contributed by atoms with Crippen molar-refractivity contribution in [3.63, 3.8) is 0 Å². The lowest BCUT2D eigenvalue weighted by molar-refractivity contribution is -0.139. The molecular weight excluding hydrogens is 426 g/mol. The van der Waals surface area contributed by atoms with Gasteiger partial charge in [0.25, 0.3) is 0 Å². The lowest BCUT2D eigenvalue weighted by atomic mass is 10.2. The third-order valence-electron chi connectivity index (χ3n) is 4.83. The molecular formula is C20H21N3O7S. The Balaban J connectivity index is 1.30. The summed E-state index contributed by atoms with van der Waals surface area (Å²) in [5.41, 5.74) is 0.740. The molecule has 2 aromatic rings. The maximum atomic E-state index is 12.8. The molecule has 2 amide bonds. The lowest BCUT2D eigenvalue weighted by Crippen LogP contribution is -2.47. The quantitative estimate of drug-likeness (QED) is 0.606. The molecule has 2 aliphatic rings. The molecule has 164 valence electrons. The van der Waals surface area contributed by atoms with Gasteiger partial charge in [0.1, 0.15) is 6.23 Å². The number of nitrogens with zero attached hydrogens (tertiary/aromatic N) is 1. The summed E-state index contributed by atoms with van der Waals surface area (Å²) in [7, 11) is -3.77. The smallest absolute Gasteiger partial charge is 0.309 e. The Hall–Kier alpha value is -3.15. The van der Waals surface area contributed by atoms with Crippen molar-refractivity contribution in [1.82, 2.24) is 14.9 Å². The molecule has 2 heterocycles. The van der Waals surface area contributed by atoms with Gasteiger partial charge in [-0.15, -0.1) is 0 Å². The van der Waals surface area contributed by atoms with Gasteiger partial charge in [0.05, 0.1) is 18.0 Å². The first-order valence-electron chi connectivity index (χ1n) is 9.58. The predicted molar refractivity (Wildman–Crippen MR) is 107 cm³/mol. The van der Waals surface area contributed by atoms with Gasteiger partial charge in [-0.25, -0.2) is 8.42 Å². The maximum Gasteiger partial charge on any atom is 0.309 e. The van der Waals surface area contributed by atoms with E-state index in [1.165, 1.54) is 16.4 Å². The van der Waals surface area contributed by atoms with E-state index in [0.717, 1.165) is 5.56 Å². The van der Waals surface area contributed by atoms with Crippen LogP contribution in [0.5, 0.6) is 11.5 Å². The minimum absolute atomic E-state index is 0.122. The average Bonchev–Trinajstić information content (AvgIpc) is 3.45. The van der Waals surface area contributed by atoms with Gasteiger partial charge in [-0.2, -0.15) is 4.31 Å². The number of rotatable bonds is 6. The fourth-order valence-corrected chi connectivity index (χ4v) is 4.77. The van der Waals surface area contributed by atoms with Crippen molar-refractivity contribution in [3.8, 4) is 11.5 Å². The van der Waals surface area contributed by atoms with E-state index in [1.54, 1.807) is 36.4 Å². The van der Waals surface area contributed by atoms with E-state index in [2.05, 4.69) is 10.6 Å². The molecule has 0 aromatic heterocycles. The number of nitrogens with one attached hydrogen (secondary N) is 2. The van der Waals surface area contributed by atoms with Crippen LogP contribution in [-0.4, -0.2) is 57.3 Å². The second-order valence-corrected chi connectivity index (χ2v) is 8.73. The van der Waals surface area contributed by atoms with Gasteiger partial charge in [-0.3, -0.25) is 9.59 Å². The molecule has 11 heteroatoms. The largest absolute Gasteiger partial charge is 0.454 e. The number of hydrogen-bond donors (Lipinski definition) is 2. The Morgan fingerprint density at radius 3 is 2.55 bits per heavy atom. The maximum absolute atomic E-state index is 12.8. The SMILES string of the molecule is O=C(NCc1ccc2c(c1)OCO2)C(=O)NC[C@H]1OCCN1S(=O)(=O)c1ccccc1. The zero-order chi connectivity index (χ0) is 21.8. The number of amides is 2. The highest BCUT2D eigenvalue weighted by Crippen LogP contribution is 2.32. The molecule has 1 atom stereocenters. The molecule has 2 aliphatic heterocycles. The molecule has 1 fully saturated rings. The Labute approximate surface area is 179 Å². The van der Waals surface area contributed by atoms with Crippen molar-refractivity contribution in [3.05, 3.63) is 54.1 Å². The third-order valence-corrected chi connectivity index (χ3v) is 6.73. The lowest BCUT2D eigenvalue weighted by Gasteiger charge is -2.22. The molecule has 2 N–H and O–H groups in total. The molecule has 4 rings (SSSR count). The molecule has 2 aromatic carbocycles. The van der Waals surface area contributed by atoms with Crippen molar-refractivity contribution in [1.29, 1.82) is 0 Å². The van der Waals surface area contributed by atoms with Crippen LogP contribution in [0, 0.1) is 0 Å². The van der Waals surface area contributed by atoms with Crippen molar-refractivity contribution in [2.24, 2.45) is 0 Å². The summed E-state index contributed by atoms with van der Waals surface area (Å²) in [4.78, 5) is 24.4. The number of ether oxygens (including phenoxy) is 3. The average molecular weight is 447 g/mol. The Kier molecular flexibility index (Phi) is 6.07. The number of benzene rings is 2. The van der Waals surface area contributed by atoms with Crippen LogP contribution in [0.2, 0.25) is 0 Å². The molecule has 0 bridgehead atoms. The highest BCUT2D eigenvalue weighted by atomic mass is 32.2. The van der Waals surface area contributed by atoms with Crippen molar-refractivity contribution in [2.75, 3.05) is 26.5 Å². The summed E-state index contributed by atoms with van der Waals surface area (Å²) >= 11 is 0. The standard InChI is InChI=1S/C20H21N3O7S/c24-19(21-11-14-6-7-16-17(10-14)30-13-29-16)20(25)22-12-18-23(8-9-28-18)31(26,27)15-4-2-1-3-5-15/h1-7,10,18H,8-9,11-13H2,(H,21,24)(H,22,25)/t18-/m1/s1. The Morgan fingerprint density at radius 1 is 1.00 bits per heavy atom. The minimum atomic E-state index is -3.77. The second-order valence-electron chi connectivity index (χ2n) is 6.83. The number of hydrogen-bond acceptors (Lipinski definition) is 7. The first-order chi connectivity index (χ1) is 14.9. The van der Waals surface area contributed by atoms with Gasteiger partial charge in [-0.1, -0.05) is 24.3 Å². The summed E-state index contributed by atoms with van der Waals surface area (Å²) in [6, 6.07) is 13.2. The van der Waals surface area contributed by atoms with Crippen LogP contribution in [-0.2, 0) is 30.9 Å². The topological polar surface area (TPSA) is 123 Å². The van der Waals surface area contributed by atoms with Crippen molar-refractivity contribution >= 4 is 21.8 Å². The minimum Gasteiger partial charge on any atom is -0.454 e. The van der Waals surface area contributed by atoms with Crippen LogP contribution >= 0.6 is 0 Å². The number of carbonyl (C=O) groups excluding carboxylic acids is 2. The number of carbonyl (C=O) groups is 2. The second kappa shape index (κ2) is 8.92. The third kappa shape index (κ3) is 4.63. The van der Waals surface area contributed by atoms with Crippen molar-refractivity contribution in [2.45, 2.75) is 17.7 Å². The summed E-state index contributed by atoms with van der Waals surface area (Å²) in [5, 5.41) is 4.94. The zero-order valence-electron chi connectivity index (χ0n) is 16.4. The molecule has 0 radical (unpaired) electrons. The zero-order valence-corrected chi connectivity index (χ0v) is 17.3. The van der Waals surface area contributed by atoms with Crippen LogP contribution in [0.1, 0.15) is 5.56 Å². The predicted octanol–water partition coefficient (Wildman–Crippen LogP) is 0.195. The van der Waals surface area contributed by atoms with Crippen LogP contribution in [0.3, 0.4) is 0 Å². The molecule has 0 saturated carbocycles. The molecule has 0 spiro atoms. The molecule has 0 unspecified atom stereocenters. The highest BCUT2D eigenvalue weighted by molar-refractivity contribution is 7.89. The van der Waals surface area contributed by atoms with Crippen LogP contribution in [0.4, 0.5) is 0 Å². The van der Waals surface area contributed by atoms with E-state index < -0.39 is 28.1 Å². The summed E-state index contributed by atoms with van der Waals surface area (Å²) in [6.07, 6.45) is -0.893. The summed E-state index contributed by atoms with van der Waals surface area (Å²) in [5.74, 6) is -0.518. The van der Waals surface area contributed by atoms with E-state index >= 15 is 0 Å². The van der Waals surface area contributed by atoms with Gasteiger partial charge < -0.3 is 24.8 Å². The molecule has 10 nitrogen and oxygen atoms in total. The van der Waals surface area contributed by atoms with Gasteiger partial charge in [0, 0.05) is 13.1 Å². The fourth-order valence-electron chi connectivity index (χ4n) is 3.24.